The van der Waals surface area contributed by atoms with Gasteiger partial charge in [0, 0.05) is 24.4 Å². The maximum atomic E-state index is 12.7. The zero-order valence-electron chi connectivity index (χ0n) is 15.4. The van der Waals surface area contributed by atoms with Gasteiger partial charge < -0.3 is 24.2 Å². The smallest absolute Gasteiger partial charge is 0.410 e. The number of rotatable bonds is 2. The molecular weight excluding hydrogens is 358 g/mol. The van der Waals surface area contributed by atoms with Gasteiger partial charge in [-0.15, -0.1) is 0 Å². The van der Waals surface area contributed by atoms with Gasteiger partial charge in [-0.3, -0.25) is 0 Å². The van der Waals surface area contributed by atoms with Crippen LogP contribution in [0.2, 0.25) is 5.02 Å². The molecule has 2 aliphatic heterocycles. The minimum atomic E-state index is -0.898. The summed E-state index contributed by atoms with van der Waals surface area (Å²) in [7, 11) is 0. The third kappa shape index (κ3) is 4.31. The minimum absolute atomic E-state index is 0.385. The summed E-state index contributed by atoms with van der Waals surface area (Å²) in [5, 5.41) is 11.6. The summed E-state index contributed by atoms with van der Waals surface area (Å²) in [6.07, 6.45) is -0.403. The highest BCUT2D eigenvalue weighted by Crippen LogP contribution is 2.39. The van der Waals surface area contributed by atoms with Crippen LogP contribution in [-0.4, -0.2) is 53.3 Å². The number of carbonyl (C=O) groups excluding carboxylic acids is 1. The van der Waals surface area contributed by atoms with Crippen molar-refractivity contribution >= 4 is 17.7 Å². The highest BCUT2D eigenvalue weighted by molar-refractivity contribution is 6.30. The Balaban J connectivity index is 1.85. The Labute approximate surface area is 159 Å². The van der Waals surface area contributed by atoms with E-state index in [0.717, 1.165) is 0 Å². The number of carbonyl (C=O) groups is 1. The van der Waals surface area contributed by atoms with E-state index in [9.17, 15) is 9.90 Å². The first-order valence-corrected chi connectivity index (χ1v) is 9.28. The van der Waals surface area contributed by atoms with Gasteiger partial charge >= 0.3 is 6.09 Å². The number of benzene rings is 1. The van der Waals surface area contributed by atoms with Crippen LogP contribution in [0.5, 0.6) is 0 Å². The lowest BCUT2D eigenvalue weighted by Gasteiger charge is -2.45. The van der Waals surface area contributed by atoms with Gasteiger partial charge in [0.2, 0.25) is 0 Å². The van der Waals surface area contributed by atoms with Crippen LogP contribution >= 0.6 is 11.6 Å². The van der Waals surface area contributed by atoms with Crippen LogP contribution in [0, 0.1) is 0 Å². The van der Waals surface area contributed by atoms with E-state index in [0.29, 0.717) is 43.2 Å². The summed E-state index contributed by atoms with van der Waals surface area (Å²) in [4.78, 5) is 14.3. The van der Waals surface area contributed by atoms with Gasteiger partial charge in [-0.2, -0.15) is 0 Å². The van der Waals surface area contributed by atoms with Crippen molar-refractivity contribution in [3.63, 3.8) is 0 Å². The van der Waals surface area contributed by atoms with Crippen molar-refractivity contribution < 1.29 is 24.1 Å². The molecule has 2 fully saturated rings. The van der Waals surface area contributed by atoms with Crippen molar-refractivity contribution in [2.24, 2.45) is 0 Å². The van der Waals surface area contributed by atoms with Crippen molar-refractivity contribution in [3.05, 3.63) is 34.9 Å². The van der Waals surface area contributed by atoms with E-state index >= 15 is 0 Å². The third-order valence-electron chi connectivity index (χ3n) is 4.67. The van der Waals surface area contributed by atoms with Gasteiger partial charge in [-0.05, 0) is 38.5 Å². The molecule has 6 nitrogen and oxygen atoms in total. The first-order chi connectivity index (χ1) is 12.2. The molecule has 0 unspecified atom stereocenters. The zero-order valence-corrected chi connectivity index (χ0v) is 16.2. The molecule has 2 atom stereocenters. The van der Waals surface area contributed by atoms with E-state index in [4.69, 9.17) is 25.8 Å². The number of aliphatic hydroxyl groups is 1. The van der Waals surface area contributed by atoms with Gasteiger partial charge in [0.15, 0.2) is 5.79 Å². The molecule has 2 aliphatic rings. The molecule has 3 rings (SSSR count). The Morgan fingerprint density at radius 1 is 1.31 bits per heavy atom. The number of hydrogen-bond donors (Lipinski definition) is 1. The fourth-order valence-corrected chi connectivity index (χ4v) is 3.58. The number of likely N-dealkylation sites (tertiary alicyclic amines) is 1. The molecule has 0 bridgehead atoms. The lowest BCUT2D eigenvalue weighted by Crippen LogP contribution is -2.56. The van der Waals surface area contributed by atoms with E-state index in [2.05, 4.69) is 0 Å². The Bertz CT molecular complexity index is 636. The Morgan fingerprint density at radius 3 is 2.50 bits per heavy atom. The lowest BCUT2D eigenvalue weighted by atomic mass is 9.89. The van der Waals surface area contributed by atoms with Crippen molar-refractivity contribution in [2.45, 2.75) is 57.1 Å². The Morgan fingerprint density at radius 2 is 1.92 bits per heavy atom. The van der Waals surface area contributed by atoms with Gasteiger partial charge in [0.25, 0.3) is 0 Å². The van der Waals surface area contributed by atoms with Crippen LogP contribution in [0.1, 0.15) is 45.3 Å². The molecule has 1 amide bonds. The number of aliphatic hydroxyl groups excluding tert-OH is 1. The zero-order chi connectivity index (χ0) is 18.9. The quantitative estimate of drug-likeness (QED) is 0.846. The normalized spacial score (nSPS) is 23.9. The van der Waals surface area contributed by atoms with Crippen molar-refractivity contribution in [2.75, 3.05) is 19.8 Å². The van der Waals surface area contributed by atoms with Crippen LogP contribution < -0.4 is 0 Å². The third-order valence-corrected chi connectivity index (χ3v) is 4.92. The molecule has 2 heterocycles. The van der Waals surface area contributed by atoms with E-state index in [1.165, 1.54) is 0 Å². The Kier molecular flexibility index (Phi) is 5.49. The summed E-state index contributed by atoms with van der Waals surface area (Å²) >= 11 is 5.95. The molecule has 1 aromatic carbocycles. The maximum Gasteiger partial charge on any atom is 0.410 e. The molecule has 2 saturated heterocycles. The minimum Gasteiger partial charge on any atom is -0.444 e. The second kappa shape index (κ2) is 7.35. The second-order valence-corrected chi connectivity index (χ2v) is 8.24. The monoisotopic (exact) mass is 383 g/mol. The predicted molar refractivity (Wildman–Crippen MR) is 97.0 cm³/mol. The SMILES string of the molecule is CC(C)(C)OC(=O)N1CCC2(C[C@@H]1[C@@H](O)c1ccc(Cl)cc1)OCCO2. The molecule has 0 aromatic heterocycles. The molecule has 26 heavy (non-hydrogen) atoms. The first kappa shape index (κ1) is 19.4. The standard InChI is InChI=1S/C19H26ClNO5/c1-18(2,3)26-17(23)21-9-8-19(24-10-11-25-19)12-15(21)16(22)13-4-6-14(20)7-5-13/h4-7,15-16,22H,8-12H2,1-3H3/t15-,16+/m1/s1. The first-order valence-electron chi connectivity index (χ1n) is 8.90. The molecular formula is C19H26ClNO5. The lowest BCUT2D eigenvalue weighted by molar-refractivity contribution is -0.202. The number of amides is 1. The molecule has 0 aliphatic carbocycles. The predicted octanol–water partition coefficient (Wildman–Crippen LogP) is 3.52. The summed E-state index contributed by atoms with van der Waals surface area (Å²) in [5.74, 6) is -0.739. The summed E-state index contributed by atoms with van der Waals surface area (Å²) in [6.45, 7) is 6.91. The van der Waals surface area contributed by atoms with Gasteiger partial charge in [0.05, 0.1) is 25.4 Å². The number of hydrogen-bond acceptors (Lipinski definition) is 5. The molecule has 0 saturated carbocycles. The van der Waals surface area contributed by atoms with Crippen LogP contribution in [0.4, 0.5) is 4.79 Å². The summed E-state index contributed by atoms with van der Waals surface area (Å²) < 4.78 is 17.2. The molecule has 0 radical (unpaired) electrons. The molecule has 1 aromatic rings. The molecule has 1 spiro atoms. The van der Waals surface area contributed by atoms with Crippen LogP contribution in [-0.2, 0) is 14.2 Å². The number of nitrogens with zero attached hydrogens (tertiary/aromatic N) is 1. The topological polar surface area (TPSA) is 68.2 Å². The fourth-order valence-electron chi connectivity index (χ4n) is 3.46. The van der Waals surface area contributed by atoms with Crippen LogP contribution in [0.3, 0.4) is 0 Å². The highest BCUT2D eigenvalue weighted by Gasteiger charge is 2.48. The van der Waals surface area contributed by atoms with Crippen molar-refractivity contribution in [3.8, 4) is 0 Å². The average molecular weight is 384 g/mol. The van der Waals surface area contributed by atoms with E-state index in [-0.39, 0.29) is 0 Å². The van der Waals surface area contributed by atoms with Gasteiger partial charge in [-0.25, -0.2) is 4.79 Å². The van der Waals surface area contributed by atoms with Crippen LogP contribution in [0.15, 0.2) is 24.3 Å². The summed E-state index contributed by atoms with van der Waals surface area (Å²) in [6, 6.07) is 6.45. The average Bonchev–Trinajstić information content (AvgIpc) is 3.01. The highest BCUT2D eigenvalue weighted by atomic mass is 35.5. The van der Waals surface area contributed by atoms with E-state index in [1.54, 1.807) is 29.2 Å². The summed E-state index contributed by atoms with van der Waals surface area (Å²) in [5.41, 5.74) is 0.0746. The van der Waals surface area contributed by atoms with E-state index in [1.807, 2.05) is 20.8 Å². The largest absolute Gasteiger partial charge is 0.444 e. The van der Waals surface area contributed by atoms with Gasteiger partial charge in [-0.1, -0.05) is 23.7 Å². The molecule has 7 heteroatoms. The number of halogens is 1. The maximum absolute atomic E-state index is 12.7. The fraction of sp³-hybridized carbons (Fsp3) is 0.632. The number of piperidine rings is 1. The molecule has 144 valence electrons. The van der Waals surface area contributed by atoms with Crippen molar-refractivity contribution in [1.29, 1.82) is 0 Å². The van der Waals surface area contributed by atoms with Crippen LogP contribution in [0.25, 0.3) is 0 Å². The van der Waals surface area contributed by atoms with E-state index < -0.39 is 29.6 Å². The number of ether oxygens (including phenoxy) is 3. The van der Waals surface area contributed by atoms with Crippen molar-refractivity contribution in [1.82, 2.24) is 4.90 Å². The Hall–Kier alpha value is -1.34. The van der Waals surface area contributed by atoms with Gasteiger partial charge in [0.1, 0.15) is 5.60 Å². The second-order valence-electron chi connectivity index (χ2n) is 7.80. The molecule has 1 N–H and O–H groups in total.